The molecular formula is C3H3CuF3NS. The Labute approximate surface area is 67.1 Å². The van der Waals surface area contributed by atoms with Gasteiger partial charge in [0.1, 0.15) is 0 Å². The maximum atomic E-state index is 10.2. The van der Waals surface area contributed by atoms with Crippen molar-refractivity contribution in [1.82, 2.24) is 0 Å². The number of halogens is 3. The number of nitrogens with zero attached hydrogens (tertiary/aromatic N) is 1. The van der Waals surface area contributed by atoms with Gasteiger partial charge in [-0.2, -0.15) is 18.4 Å². The van der Waals surface area contributed by atoms with Crippen molar-refractivity contribution in [2.24, 2.45) is 0 Å². The van der Waals surface area contributed by atoms with Crippen molar-refractivity contribution in [3.05, 3.63) is 0 Å². The minimum atomic E-state index is -4.42. The molecule has 0 saturated carbocycles. The van der Waals surface area contributed by atoms with Gasteiger partial charge in [0.25, 0.3) is 5.51 Å². The fourth-order valence-electron chi connectivity index (χ4n) is 0. The van der Waals surface area contributed by atoms with Crippen molar-refractivity contribution in [2.75, 3.05) is 0 Å². The average molecular weight is 206 g/mol. The van der Waals surface area contributed by atoms with Gasteiger partial charge in [0.15, 0.2) is 0 Å². The fourth-order valence-corrected chi connectivity index (χ4v) is 0. The van der Waals surface area contributed by atoms with Gasteiger partial charge in [-0.1, -0.05) is 0 Å². The first-order chi connectivity index (χ1) is 3.41. The molecule has 0 aromatic carbocycles. The van der Waals surface area contributed by atoms with Crippen LogP contribution in [0.25, 0.3) is 0 Å². The molecule has 0 heterocycles. The van der Waals surface area contributed by atoms with E-state index in [-0.39, 0.29) is 17.1 Å². The Hall–Kier alpha value is 0.149. The van der Waals surface area contributed by atoms with Gasteiger partial charge in [0.05, 0.1) is 6.07 Å². The van der Waals surface area contributed by atoms with Crippen LogP contribution in [0.5, 0.6) is 0 Å². The van der Waals surface area contributed by atoms with Gasteiger partial charge in [-0.15, -0.1) is 0 Å². The van der Waals surface area contributed by atoms with E-state index in [1.807, 2.05) is 0 Å². The van der Waals surface area contributed by atoms with Crippen molar-refractivity contribution < 1.29 is 30.2 Å². The zero-order valence-corrected chi connectivity index (χ0v) is 6.05. The van der Waals surface area contributed by atoms with Crippen LogP contribution in [0.1, 0.15) is 6.92 Å². The van der Waals surface area contributed by atoms with Crippen LogP contribution in [0.3, 0.4) is 0 Å². The maximum absolute atomic E-state index is 10.2. The molecule has 0 bridgehead atoms. The second-order valence-electron chi connectivity index (χ2n) is 0.669. The Morgan fingerprint density at radius 2 is 1.44 bits per heavy atom. The number of hydrogen-bond donors (Lipinski definition) is 0. The van der Waals surface area contributed by atoms with Crippen LogP contribution in [0.2, 0.25) is 0 Å². The number of rotatable bonds is 0. The Morgan fingerprint density at radius 1 is 1.44 bits per heavy atom. The van der Waals surface area contributed by atoms with E-state index in [1.165, 1.54) is 6.92 Å². The van der Waals surface area contributed by atoms with E-state index in [4.69, 9.17) is 5.26 Å². The summed E-state index contributed by atoms with van der Waals surface area (Å²) in [6, 6.07) is 1.75. The van der Waals surface area contributed by atoms with Crippen LogP contribution >= 0.6 is 0 Å². The third-order valence-corrected chi connectivity index (χ3v) is 0. The van der Waals surface area contributed by atoms with Crippen molar-refractivity contribution in [3.63, 3.8) is 0 Å². The van der Waals surface area contributed by atoms with Crippen LogP contribution in [-0.4, -0.2) is 5.51 Å². The van der Waals surface area contributed by atoms with Gasteiger partial charge in [0, 0.05) is 6.92 Å². The zero-order chi connectivity index (χ0) is 7.21. The SMILES string of the molecule is CC#N.FC(F)(F)[S-].[Cu+]. The monoisotopic (exact) mass is 205 g/mol. The largest absolute Gasteiger partial charge is 1.00 e. The number of alkyl halides is 3. The molecule has 0 amide bonds. The molecule has 0 aromatic rings. The molecule has 0 aliphatic heterocycles. The Balaban J connectivity index is -0.0000000800. The molecule has 0 spiro atoms. The van der Waals surface area contributed by atoms with Crippen LogP contribution < -0.4 is 0 Å². The Kier molecular flexibility index (Phi) is 14.6. The number of hydrogen-bond acceptors (Lipinski definition) is 2. The minimum Gasteiger partial charge on any atom is -0.680 e. The fraction of sp³-hybridized carbons (Fsp3) is 0.667. The van der Waals surface area contributed by atoms with Gasteiger partial charge >= 0.3 is 17.1 Å². The van der Waals surface area contributed by atoms with Crippen LogP contribution in [0.15, 0.2) is 0 Å². The van der Waals surface area contributed by atoms with Gasteiger partial charge in [-0.25, -0.2) is 0 Å². The minimum absolute atomic E-state index is 0. The molecule has 0 aromatic heterocycles. The van der Waals surface area contributed by atoms with Crippen molar-refractivity contribution in [1.29, 1.82) is 5.26 Å². The topological polar surface area (TPSA) is 23.8 Å². The zero-order valence-electron chi connectivity index (χ0n) is 4.29. The summed E-state index contributed by atoms with van der Waals surface area (Å²) in [5.74, 6) is 0. The molecular weight excluding hydrogens is 203 g/mol. The summed E-state index contributed by atoms with van der Waals surface area (Å²) >= 11 is 2.83. The normalized spacial score (nSPS) is 7.56. The Bertz CT molecular complexity index is 80.0. The third kappa shape index (κ3) is 13800. The molecule has 1 nitrogen and oxygen atoms in total. The van der Waals surface area contributed by atoms with Crippen LogP contribution in [0, 0.1) is 11.3 Å². The molecule has 0 unspecified atom stereocenters. The predicted octanol–water partition coefficient (Wildman–Crippen LogP) is 1.58. The third-order valence-electron chi connectivity index (χ3n) is 0. The molecule has 0 aliphatic carbocycles. The van der Waals surface area contributed by atoms with Crippen LogP contribution in [0.4, 0.5) is 13.2 Å². The predicted molar refractivity (Wildman–Crippen MR) is 24.7 cm³/mol. The van der Waals surface area contributed by atoms with Crippen molar-refractivity contribution in [3.8, 4) is 6.07 Å². The summed E-state index contributed by atoms with van der Waals surface area (Å²) in [5, 5.41) is 7.32. The molecule has 0 fully saturated rings. The molecule has 0 aliphatic rings. The molecule has 0 atom stereocenters. The summed E-state index contributed by atoms with van der Waals surface area (Å²) in [6.07, 6.45) is 0. The van der Waals surface area contributed by atoms with E-state index in [2.05, 4.69) is 12.6 Å². The quantitative estimate of drug-likeness (QED) is 0.443. The van der Waals surface area contributed by atoms with Gasteiger partial charge < -0.3 is 12.6 Å². The van der Waals surface area contributed by atoms with Crippen molar-refractivity contribution in [2.45, 2.75) is 12.4 Å². The van der Waals surface area contributed by atoms with E-state index in [1.54, 1.807) is 6.07 Å². The number of nitriles is 1. The Morgan fingerprint density at radius 3 is 1.44 bits per heavy atom. The summed E-state index contributed by atoms with van der Waals surface area (Å²) in [7, 11) is 0. The summed E-state index contributed by atoms with van der Waals surface area (Å²) in [6.45, 7) is 1.43. The molecule has 0 saturated heterocycles. The second kappa shape index (κ2) is 8.15. The van der Waals surface area contributed by atoms with E-state index in [0.717, 1.165) is 0 Å². The van der Waals surface area contributed by atoms with Crippen LogP contribution in [-0.2, 0) is 29.7 Å². The first kappa shape index (κ1) is 16.1. The summed E-state index contributed by atoms with van der Waals surface area (Å²) in [4.78, 5) is 0. The molecule has 0 N–H and O–H groups in total. The van der Waals surface area contributed by atoms with Gasteiger partial charge in [-0.3, -0.25) is 0 Å². The average Bonchev–Trinajstić information content (AvgIpc) is 1.27. The molecule has 6 heteroatoms. The first-order valence-electron chi connectivity index (χ1n) is 1.49. The maximum Gasteiger partial charge on any atom is 1.00 e. The first-order valence-corrected chi connectivity index (χ1v) is 1.90. The smallest absolute Gasteiger partial charge is 0.680 e. The molecule has 0 radical (unpaired) electrons. The van der Waals surface area contributed by atoms with E-state index < -0.39 is 5.51 Å². The van der Waals surface area contributed by atoms with E-state index in [0.29, 0.717) is 0 Å². The molecule has 9 heavy (non-hydrogen) atoms. The summed E-state index contributed by atoms with van der Waals surface area (Å²) in [5.41, 5.74) is -4.42. The standard InChI is InChI=1S/C2H3N.CHF3S.Cu/c1-2-3;2-1(3,4)5;/h1H3;5H;/q;;+1/p-1. The summed E-state index contributed by atoms with van der Waals surface area (Å²) < 4.78 is 30.5. The second-order valence-corrected chi connectivity index (χ2v) is 1.13. The van der Waals surface area contributed by atoms with E-state index in [9.17, 15) is 13.2 Å². The van der Waals surface area contributed by atoms with E-state index >= 15 is 0 Å². The van der Waals surface area contributed by atoms with Gasteiger partial charge in [-0.05, 0) is 0 Å². The molecule has 58 valence electrons. The van der Waals surface area contributed by atoms with Gasteiger partial charge in [0.2, 0.25) is 0 Å². The molecule has 0 rings (SSSR count). The van der Waals surface area contributed by atoms with Crippen molar-refractivity contribution >= 4 is 12.6 Å².